The van der Waals surface area contributed by atoms with Crippen molar-refractivity contribution in [2.45, 2.75) is 13.8 Å². The van der Waals surface area contributed by atoms with Crippen molar-refractivity contribution in [2.75, 3.05) is 6.61 Å². The van der Waals surface area contributed by atoms with Crippen molar-refractivity contribution in [3.8, 4) is 39.3 Å². The van der Waals surface area contributed by atoms with Gasteiger partial charge in [0.15, 0.2) is 5.78 Å². The molecule has 1 aliphatic carbocycles. The van der Waals surface area contributed by atoms with Gasteiger partial charge in [0.2, 0.25) is 0 Å². The van der Waals surface area contributed by atoms with Crippen LogP contribution >= 0.6 is 0 Å². The number of carbonyl (C=O) groups excluding carboxylic acids is 2. The highest BCUT2D eigenvalue weighted by Gasteiger charge is 2.36. The second-order valence-electron chi connectivity index (χ2n) is 8.80. The van der Waals surface area contributed by atoms with E-state index in [1.807, 2.05) is 85.1 Å². The topological polar surface area (TPSA) is 74.1 Å². The van der Waals surface area contributed by atoms with Gasteiger partial charge in [-0.15, -0.1) is 0 Å². The minimum Gasteiger partial charge on any atom is -0.462 e. The number of nitrogens with zero attached hydrogens (tertiary/aromatic N) is 3. The van der Waals surface area contributed by atoms with Gasteiger partial charge in [-0.1, -0.05) is 72.8 Å². The molecule has 2 heterocycles. The molecule has 6 nitrogen and oxygen atoms in total. The maximum Gasteiger partial charge on any atom is 0.340 e. The highest BCUT2D eigenvalue weighted by molar-refractivity contribution is 6.26. The first kappa shape index (κ1) is 22.6. The maximum atomic E-state index is 13.8. The molecular formula is C31H23N3O3. The molecule has 37 heavy (non-hydrogen) atoms. The minimum absolute atomic E-state index is 0.162. The predicted octanol–water partition coefficient (Wildman–Crippen LogP) is 6.30. The Bertz CT molecular complexity index is 1670. The predicted molar refractivity (Wildman–Crippen MR) is 142 cm³/mol. The van der Waals surface area contributed by atoms with Gasteiger partial charge >= 0.3 is 5.97 Å². The van der Waals surface area contributed by atoms with E-state index >= 15 is 0 Å². The lowest BCUT2D eigenvalue weighted by Gasteiger charge is -2.15. The first-order chi connectivity index (χ1) is 18.1. The summed E-state index contributed by atoms with van der Waals surface area (Å²) < 4.78 is 7.24. The molecule has 0 radical (unpaired) electrons. The molecule has 1 aliphatic rings. The highest BCUT2D eigenvalue weighted by Crippen LogP contribution is 2.45. The van der Waals surface area contributed by atoms with Crippen LogP contribution in [0.15, 0.2) is 91.1 Å². The van der Waals surface area contributed by atoms with Crippen LogP contribution in [-0.2, 0) is 4.74 Å². The van der Waals surface area contributed by atoms with Gasteiger partial charge < -0.3 is 4.74 Å². The summed E-state index contributed by atoms with van der Waals surface area (Å²) in [7, 11) is 0. The van der Waals surface area contributed by atoms with Crippen LogP contribution in [0.5, 0.6) is 0 Å². The fraction of sp³-hybridized carbons (Fsp3) is 0.0968. The van der Waals surface area contributed by atoms with Crippen molar-refractivity contribution in [2.24, 2.45) is 0 Å². The number of benzene rings is 3. The molecule has 2 aromatic heterocycles. The number of fused-ring (bicyclic) bond motifs is 3. The number of hydrogen-bond donors (Lipinski definition) is 0. The Labute approximate surface area is 214 Å². The van der Waals surface area contributed by atoms with Crippen LogP contribution in [0.1, 0.15) is 38.9 Å². The number of pyridine rings is 1. The molecule has 6 rings (SSSR count). The molecule has 0 N–H and O–H groups in total. The molecular weight excluding hydrogens is 462 g/mol. The Morgan fingerprint density at radius 1 is 0.811 bits per heavy atom. The second-order valence-corrected chi connectivity index (χ2v) is 8.80. The van der Waals surface area contributed by atoms with E-state index in [0.29, 0.717) is 39.3 Å². The van der Waals surface area contributed by atoms with Gasteiger partial charge in [0.05, 0.1) is 34.8 Å². The third-order valence-corrected chi connectivity index (χ3v) is 6.56. The quantitative estimate of drug-likeness (QED) is 0.268. The van der Waals surface area contributed by atoms with E-state index in [1.165, 1.54) is 0 Å². The number of rotatable bonds is 5. The number of aryl methyl sites for hydroxylation is 1. The average molecular weight is 486 g/mol. The van der Waals surface area contributed by atoms with Gasteiger partial charge in [-0.3, -0.25) is 9.78 Å². The first-order valence-corrected chi connectivity index (χ1v) is 12.1. The monoisotopic (exact) mass is 485 g/mol. The minimum atomic E-state index is -0.513. The van der Waals surface area contributed by atoms with Crippen LogP contribution < -0.4 is 0 Å². The summed E-state index contributed by atoms with van der Waals surface area (Å²) in [6.07, 6.45) is 1.88. The largest absolute Gasteiger partial charge is 0.462 e. The van der Waals surface area contributed by atoms with Crippen LogP contribution in [0, 0.1) is 6.92 Å². The summed E-state index contributed by atoms with van der Waals surface area (Å²) >= 11 is 0. The molecule has 0 aliphatic heterocycles. The SMILES string of the molecule is CCOC(=O)c1c(C)nc2c(c1-c1cn(-c3ccccc3)nc1-c1ccccc1)C(=O)c1ccccc1-2. The lowest BCUT2D eigenvalue weighted by atomic mass is 9.90. The molecule has 0 fully saturated rings. The average Bonchev–Trinajstić information content (AvgIpc) is 3.49. The van der Waals surface area contributed by atoms with E-state index in [-0.39, 0.29) is 18.0 Å². The third kappa shape index (κ3) is 3.65. The molecule has 6 heteroatoms. The summed E-state index contributed by atoms with van der Waals surface area (Å²) in [5, 5.41) is 4.94. The molecule has 180 valence electrons. The number of esters is 1. The van der Waals surface area contributed by atoms with Crippen molar-refractivity contribution >= 4 is 11.8 Å². The normalized spacial score (nSPS) is 11.8. The van der Waals surface area contributed by atoms with Crippen LogP contribution in [0.3, 0.4) is 0 Å². The van der Waals surface area contributed by atoms with E-state index in [0.717, 1.165) is 16.8 Å². The Morgan fingerprint density at radius 2 is 1.46 bits per heavy atom. The number of ether oxygens (including phenoxy) is 1. The van der Waals surface area contributed by atoms with Crippen molar-refractivity contribution in [1.29, 1.82) is 0 Å². The van der Waals surface area contributed by atoms with E-state index < -0.39 is 5.97 Å². The zero-order valence-corrected chi connectivity index (χ0v) is 20.4. The summed E-state index contributed by atoms with van der Waals surface area (Å²) in [6.45, 7) is 3.75. The maximum absolute atomic E-state index is 13.8. The molecule has 0 bridgehead atoms. The Morgan fingerprint density at radius 3 is 2.16 bits per heavy atom. The van der Waals surface area contributed by atoms with E-state index in [2.05, 4.69) is 0 Å². The lowest BCUT2D eigenvalue weighted by Crippen LogP contribution is -2.13. The van der Waals surface area contributed by atoms with Gasteiger partial charge in [0.25, 0.3) is 0 Å². The fourth-order valence-corrected chi connectivity index (χ4v) is 4.94. The molecule has 0 saturated carbocycles. The standard InChI is InChI=1S/C31H23N3O3/c1-3-37-31(36)25-19(2)32-29-22-16-10-11-17-23(22)30(35)27(29)26(25)24-18-34(21-14-8-5-9-15-21)33-28(24)20-12-6-4-7-13-20/h4-18H,3H2,1-2H3. The van der Waals surface area contributed by atoms with Gasteiger partial charge in [-0.05, 0) is 26.0 Å². The van der Waals surface area contributed by atoms with Gasteiger partial charge in [0, 0.05) is 34.0 Å². The Balaban J connectivity index is 1.72. The summed E-state index contributed by atoms with van der Waals surface area (Å²) in [6, 6.07) is 26.9. The van der Waals surface area contributed by atoms with E-state index in [9.17, 15) is 9.59 Å². The molecule has 0 atom stereocenters. The summed E-state index contributed by atoms with van der Waals surface area (Å²) in [5.74, 6) is -0.675. The van der Waals surface area contributed by atoms with Crippen LogP contribution in [-0.4, -0.2) is 33.1 Å². The zero-order valence-electron chi connectivity index (χ0n) is 20.4. The van der Waals surface area contributed by atoms with Crippen molar-refractivity contribution in [1.82, 2.24) is 14.8 Å². The van der Waals surface area contributed by atoms with Gasteiger partial charge in [-0.2, -0.15) is 5.10 Å². The second kappa shape index (κ2) is 8.99. The first-order valence-electron chi connectivity index (χ1n) is 12.1. The smallest absolute Gasteiger partial charge is 0.340 e. The van der Waals surface area contributed by atoms with Crippen molar-refractivity contribution < 1.29 is 14.3 Å². The molecule has 5 aromatic rings. The summed E-state index contributed by atoms with van der Waals surface area (Å²) in [4.78, 5) is 31.9. The number of hydrogen-bond acceptors (Lipinski definition) is 5. The molecule has 0 amide bonds. The van der Waals surface area contributed by atoms with Crippen molar-refractivity contribution in [3.05, 3.63) is 114 Å². The van der Waals surface area contributed by atoms with Crippen molar-refractivity contribution in [3.63, 3.8) is 0 Å². The molecule has 0 spiro atoms. The molecule has 0 saturated heterocycles. The van der Waals surface area contributed by atoms with E-state index in [1.54, 1.807) is 24.6 Å². The Hall–Kier alpha value is -4.84. The number of ketones is 1. The molecule has 0 unspecified atom stereocenters. The van der Waals surface area contributed by atoms with Crippen LogP contribution in [0.25, 0.3) is 39.3 Å². The fourth-order valence-electron chi connectivity index (χ4n) is 4.94. The zero-order chi connectivity index (χ0) is 25.5. The van der Waals surface area contributed by atoms with Crippen LogP contribution in [0.4, 0.5) is 0 Å². The summed E-state index contributed by atoms with van der Waals surface area (Å²) in [5.41, 5.74) is 6.66. The molecule has 3 aromatic carbocycles. The van der Waals surface area contributed by atoms with Crippen LogP contribution in [0.2, 0.25) is 0 Å². The third-order valence-electron chi connectivity index (χ3n) is 6.56. The Kier molecular flexibility index (Phi) is 5.49. The highest BCUT2D eigenvalue weighted by atomic mass is 16.5. The lowest BCUT2D eigenvalue weighted by molar-refractivity contribution is 0.0526. The van der Waals surface area contributed by atoms with E-state index in [4.69, 9.17) is 14.8 Å². The number of para-hydroxylation sites is 1. The van der Waals surface area contributed by atoms with Gasteiger partial charge in [0.1, 0.15) is 5.69 Å². The number of aromatic nitrogens is 3. The van der Waals surface area contributed by atoms with Gasteiger partial charge in [-0.25, -0.2) is 9.48 Å². The number of carbonyl (C=O) groups is 2.